The van der Waals surface area contributed by atoms with Crippen LogP contribution in [0.3, 0.4) is 0 Å². The summed E-state index contributed by atoms with van der Waals surface area (Å²) in [6.07, 6.45) is 3.34. The summed E-state index contributed by atoms with van der Waals surface area (Å²) in [6, 6.07) is 0. The Hall–Kier alpha value is -1.19. The standard InChI is InChI=1S/C10H17ClN6O2S/c1-20(18,19)13-5-4-12-9-14-8(11)15-10(16-9)17-6-2-3-7-17/h13H,2-7H2,1H3,(H,12,14,15,16). The van der Waals surface area contributed by atoms with Crippen LogP contribution in [0.1, 0.15) is 12.8 Å². The second kappa shape index (κ2) is 6.51. The summed E-state index contributed by atoms with van der Waals surface area (Å²) < 4.78 is 24.2. The number of halogens is 1. The van der Waals surface area contributed by atoms with Crippen LogP contribution < -0.4 is 14.9 Å². The monoisotopic (exact) mass is 320 g/mol. The van der Waals surface area contributed by atoms with E-state index in [0.717, 1.165) is 32.2 Å². The van der Waals surface area contributed by atoms with Gasteiger partial charge in [-0.3, -0.25) is 0 Å². The molecule has 0 unspecified atom stereocenters. The summed E-state index contributed by atoms with van der Waals surface area (Å²) >= 11 is 5.87. The van der Waals surface area contributed by atoms with Gasteiger partial charge in [-0.05, 0) is 24.4 Å². The van der Waals surface area contributed by atoms with E-state index in [4.69, 9.17) is 11.6 Å². The van der Waals surface area contributed by atoms with E-state index in [-0.39, 0.29) is 11.8 Å². The Morgan fingerprint density at radius 1 is 1.20 bits per heavy atom. The lowest BCUT2D eigenvalue weighted by molar-refractivity contribution is 0.589. The Morgan fingerprint density at radius 3 is 2.55 bits per heavy atom. The Morgan fingerprint density at radius 2 is 1.90 bits per heavy atom. The third-order valence-corrected chi connectivity index (χ3v) is 3.66. The zero-order valence-corrected chi connectivity index (χ0v) is 12.7. The third-order valence-electron chi connectivity index (χ3n) is 2.76. The summed E-state index contributed by atoms with van der Waals surface area (Å²) in [7, 11) is -3.19. The molecule has 10 heteroatoms. The van der Waals surface area contributed by atoms with E-state index in [9.17, 15) is 8.42 Å². The SMILES string of the molecule is CS(=O)(=O)NCCNc1nc(Cl)nc(N2CCCC2)n1. The number of hydrogen-bond acceptors (Lipinski definition) is 7. The molecule has 1 aromatic heterocycles. The van der Waals surface area contributed by atoms with Crippen molar-refractivity contribution >= 4 is 33.5 Å². The largest absolute Gasteiger partial charge is 0.353 e. The van der Waals surface area contributed by atoms with E-state index < -0.39 is 10.0 Å². The van der Waals surface area contributed by atoms with Crippen molar-refractivity contribution in [2.45, 2.75) is 12.8 Å². The molecule has 1 fully saturated rings. The average Bonchev–Trinajstić information content (AvgIpc) is 2.86. The van der Waals surface area contributed by atoms with Gasteiger partial charge in [0.1, 0.15) is 0 Å². The van der Waals surface area contributed by atoms with E-state index in [1.165, 1.54) is 0 Å². The van der Waals surface area contributed by atoms with Crippen molar-refractivity contribution < 1.29 is 8.42 Å². The Labute approximate surface area is 123 Å². The summed E-state index contributed by atoms with van der Waals surface area (Å²) in [5.74, 6) is 0.906. The summed E-state index contributed by atoms with van der Waals surface area (Å²) in [5, 5.41) is 3.05. The highest BCUT2D eigenvalue weighted by molar-refractivity contribution is 7.88. The van der Waals surface area contributed by atoms with Crippen molar-refractivity contribution in [1.29, 1.82) is 0 Å². The molecule has 0 atom stereocenters. The molecule has 0 radical (unpaired) electrons. The highest BCUT2D eigenvalue weighted by atomic mass is 35.5. The topological polar surface area (TPSA) is 100 Å². The Balaban J connectivity index is 1.94. The predicted octanol–water partition coefficient (Wildman–Crippen LogP) is 0.0863. The molecule has 2 rings (SSSR count). The molecular formula is C10H17ClN6O2S. The van der Waals surface area contributed by atoms with Crippen molar-refractivity contribution in [2.24, 2.45) is 0 Å². The van der Waals surface area contributed by atoms with Crippen LogP contribution in [0.4, 0.5) is 11.9 Å². The molecule has 0 aliphatic carbocycles. The van der Waals surface area contributed by atoms with Gasteiger partial charge in [0.2, 0.25) is 27.2 Å². The lowest BCUT2D eigenvalue weighted by atomic mass is 10.4. The predicted molar refractivity (Wildman–Crippen MR) is 77.6 cm³/mol. The van der Waals surface area contributed by atoms with Gasteiger partial charge in [0.25, 0.3) is 0 Å². The number of rotatable bonds is 6. The number of sulfonamides is 1. The maximum absolute atomic E-state index is 10.9. The molecule has 2 heterocycles. The minimum Gasteiger partial charge on any atom is -0.353 e. The first-order valence-electron chi connectivity index (χ1n) is 6.29. The maximum Gasteiger partial charge on any atom is 0.231 e. The van der Waals surface area contributed by atoms with Crippen molar-refractivity contribution in [3.63, 3.8) is 0 Å². The van der Waals surface area contributed by atoms with Crippen LogP contribution >= 0.6 is 11.6 Å². The normalized spacial score (nSPS) is 15.6. The number of hydrogen-bond donors (Lipinski definition) is 2. The highest BCUT2D eigenvalue weighted by Gasteiger charge is 2.16. The first kappa shape index (κ1) is 15.2. The molecule has 0 saturated carbocycles. The van der Waals surface area contributed by atoms with Gasteiger partial charge in [-0.1, -0.05) is 0 Å². The first-order chi connectivity index (χ1) is 9.44. The highest BCUT2D eigenvalue weighted by Crippen LogP contribution is 2.18. The van der Waals surface area contributed by atoms with Gasteiger partial charge in [-0.2, -0.15) is 15.0 Å². The zero-order chi connectivity index (χ0) is 14.6. The van der Waals surface area contributed by atoms with Crippen LogP contribution in [0.25, 0.3) is 0 Å². The smallest absolute Gasteiger partial charge is 0.231 e. The molecule has 0 aromatic carbocycles. The molecule has 1 aliphatic heterocycles. The maximum atomic E-state index is 10.9. The van der Waals surface area contributed by atoms with Crippen LogP contribution in [0, 0.1) is 0 Å². The molecule has 0 amide bonds. The molecule has 1 aromatic rings. The average molecular weight is 321 g/mol. The minimum absolute atomic E-state index is 0.125. The van der Waals surface area contributed by atoms with E-state index in [2.05, 4.69) is 25.0 Å². The van der Waals surface area contributed by atoms with Gasteiger partial charge in [-0.15, -0.1) is 0 Å². The van der Waals surface area contributed by atoms with Crippen molar-refractivity contribution in [3.05, 3.63) is 5.28 Å². The van der Waals surface area contributed by atoms with E-state index >= 15 is 0 Å². The summed E-state index contributed by atoms with van der Waals surface area (Å²) in [4.78, 5) is 14.4. The van der Waals surface area contributed by atoms with E-state index in [0.29, 0.717) is 18.4 Å². The fourth-order valence-electron chi connectivity index (χ4n) is 1.89. The number of nitrogens with zero attached hydrogens (tertiary/aromatic N) is 4. The van der Waals surface area contributed by atoms with Gasteiger partial charge in [0.15, 0.2) is 0 Å². The van der Waals surface area contributed by atoms with E-state index in [1.54, 1.807) is 0 Å². The summed E-state index contributed by atoms with van der Waals surface area (Å²) in [5.41, 5.74) is 0. The van der Waals surface area contributed by atoms with Crippen LogP contribution in [-0.2, 0) is 10.0 Å². The van der Waals surface area contributed by atoms with Crippen molar-refractivity contribution in [2.75, 3.05) is 42.7 Å². The molecule has 1 saturated heterocycles. The fraction of sp³-hybridized carbons (Fsp3) is 0.700. The van der Waals surface area contributed by atoms with Gasteiger partial charge >= 0.3 is 0 Å². The van der Waals surface area contributed by atoms with Crippen LogP contribution in [0.5, 0.6) is 0 Å². The third kappa shape index (κ3) is 4.73. The number of aromatic nitrogens is 3. The van der Waals surface area contributed by atoms with Crippen molar-refractivity contribution in [1.82, 2.24) is 19.7 Å². The summed E-state index contributed by atoms with van der Waals surface area (Å²) in [6.45, 7) is 2.44. The fourth-order valence-corrected chi connectivity index (χ4v) is 2.52. The molecule has 2 N–H and O–H groups in total. The second-order valence-electron chi connectivity index (χ2n) is 4.52. The number of anilines is 2. The first-order valence-corrected chi connectivity index (χ1v) is 8.56. The molecule has 0 bridgehead atoms. The molecular weight excluding hydrogens is 304 g/mol. The second-order valence-corrected chi connectivity index (χ2v) is 6.69. The minimum atomic E-state index is -3.19. The van der Waals surface area contributed by atoms with E-state index in [1.807, 2.05) is 4.90 Å². The van der Waals surface area contributed by atoms with Crippen LogP contribution in [0.15, 0.2) is 0 Å². The molecule has 1 aliphatic rings. The molecule has 112 valence electrons. The quantitative estimate of drug-likeness (QED) is 0.716. The lowest BCUT2D eigenvalue weighted by Gasteiger charge is -2.15. The molecule has 20 heavy (non-hydrogen) atoms. The Kier molecular flexibility index (Phi) is 4.95. The Bertz CT molecular complexity index is 561. The van der Waals surface area contributed by atoms with Gasteiger partial charge in [0, 0.05) is 26.2 Å². The molecule has 0 spiro atoms. The van der Waals surface area contributed by atoms with Gasteiger partial charge in [-0.25, -0.2) is 13.1 Å². The van der Waals surface area contributed by atoms with Crippen LogP contribution in [0.2, 0.25) is 5.28 Å². The van der Waals surface area contributed by atoms with Crippen molar-refractivity contribution in [3.8, 4) is 0 Å². The lowest BCUT2D eigenvalue weighted by Crippen LogP contribution is -2.28. The van der Waals surface area contributed by atoms with Crippen LogP contribution in [-0.4, -0.2) is 55.8 Å². The number of nitrogens with one attached hydrogen (secondary N) is 2. The van der Waals surface area contributed by atoms with Gasteiger partial charge < -0.3 is 10.2 Å². The zero-order valence-electron chi connectivity index (χ0n) is 11.1. The van der Waals surface area contributed by atoms with Gasteiger partial charge in [0.05, 0.1) is 6.26 Å². The molecule has 8 nitrogen and oxygen atoms in total.